The second kappa shape index (κ2) is 6.46. The standard InChI is InChI=1S/C21H35NOS/c1-19(2)9-5-10-20(3)16(19)8-11-21(14-22-4)17(20)7-6-15(13-24)12-18(21)23/h12,16-17,22,24H,5-11,13-14H2,1-4H3. The van der Waals surface area contributed by atoms with E-state index in [9.17, 15) is 4.79 Å². The van der Waals surface area contributed by atoms with Gasteiger partial charge in [0.1, 0.15) is 0 Å². The molecule has 0 saturated heterocycles. The van der Waals surface area contributed by atoms with Gasteiger partial charge in [-0.25, -0.2) is 0 Å². The maximum atomic E-state index is 13.4. The molecule has 0 radical (unpaired) electrons. The molecule has 0 aliphatic heterocycles. The highest BCUT2D eigenvalue weighted by Gasteiger charge is 2.61. The van der Waals surface area contributed by atoms with Gasteiger partial charge in [0.25, 0.3) is 0 Å². The lowest BCUT2D eigenvalue weighted by Gasteiger charge is -2.62. The Morgan fingerprint density at radius 1 is 1.17 bits per heavy atom. The highest BCUT2D eigenvalue weighted by Crippen LogP contribution is 2.66. The number of hydrogen-bond acceptors (Lipinski definition) is 3. The molecule has 0 amide bonds. The van der Waals surface area contributed by atoms with Crippen LogP contribution in [-0.4, -0.2) is 25.1 Å². The van der Waals surface area contributed by atoms with E-state index in [1.807, 2.05) is 13.1 Å². The number of allylic oxidation sites excluding steroid dienone is 1. The van der Waals surface area contributed by atoms with Crippen LogP contribution < -0.4 is 5.32 Å². The SMILES string of the molecule is CNCC12CCC3C(C)(C)CCCC3(C)C1CCC(CS)=CC2=O. The molecule has 2 fully saturated rings. The lowest BCUT2D eigenvalue weighted by molar-refractivity contribution is -0.156. The summed E-state index contributed by atoms with van der Waals surface area (Å²) in [7, 11) is 2.01. The van der Waals surface area contributed by atoms with E-state index in [2.05, 4.69) is 38.7 Å². The quantitative estimate of drug-likeness (QED) is 0.726. The molecular weight excluding hydrogens is 314 g/mol. The van der Waals surface area contributed by atoms with E-state index in [1.54, 1.807) is 0 Å². The highest BCUT2D eigenvalue weighted by molar-refractivity contribution is 7.80. The number of rotatable bonds is 3. The first-order valence-corrected chi connectivity index (χ1v) is 10.4. The molecule has 0 aromatic carbocycles. The van der Waals surface area contributed by atoms with Crippen LogP contribution in [0.15, 0.2) is 11.6 Å². The fourth-order valence-electron chi connectivity index (χ4n) is 6.88. The Kier molecular flexibility index (Phi) is 4.99. The van der Waals surface area contributed by atoms with Crippen molar-refractivity contribution in [2.75, 3.05) is 19.3 Å². The van der Waals surface area contributed by atoms with E-state index in [-0.39, 0.29) is 5.41 Å². The van der Waals surface area contributed by atoms with Crippen molar-refractivity contribution in [1.82, 2.24) is 5.32 Å². The average Bonchev–Trinajstić information content (AvgIpc) is 2.65. The zero-order chi connectivity index (χ0) is 17.6. The molecular formula is C21H35NOS. The van der Waals surface area contributed by atoms with E-state index in [0.717, 1.165) is 37.5 Å². The maximum absolute atomic E-state index is 13.4. The van der Waals surface area contributed by atoms with E-state index < -0.39 is 0 Å². The van der Waals surface area contributed by atoms with Crippen LogP contribution in [0.2, 0.25) is 0 Å². The van der Waals surface area contributed by atoms with Crippen LogP contribution >= 0.6 is 12.6 Å². The molecule has 24 heavy (non-hydrogen) atoms. The molecule has 2 saturated carbocycles. The maximum Gasteiger partial charge on any atom is 0.163 e. The molecule has 4 unspecified atom stereocenters. The summed E-state index contributed by atoms with van der Waals surface area (Å²) >= 11 is 4.47. The third-order valence-corrected chi connectivity index (χ3v) is 8.30. The summed E-state index contributed by atoms with van der Waals surface area (Å²) in [5, 5.41) is 3.38. The van der Waals surface area contributed by atoms with Crippen LogP contribution in [0.3, 0.4) is 0 Å². The molecule has 0 aromatic heterocycles. The van der Waals surface area contributed by atoms with Crippen molar-refractivity contribution in [3.8, 4) is 0 Å². The van der Waals surface area contributed by atoms with Crippen molar-refractivity contribution >= 4 is 18.4 Å². The number of fused-ring (bicyclic) bond motifs is 3. The van der Waals surface area contributed by atoms with Gasteiger partial charge in [0.2, 0.25) is 0 Å². The summed E-state index contributed by atoms with van der Waals surface area (Å²) in [4.78, 5) is 13.4. The smallest absolute Gasteiger partial charge is 0.163 e. The van der Waals surface area contributed by atoms with Gasteiger partial charge >= 0.3 is 0 Å². The van der Waals surface area contributed by atoms with Gasteiger partial charge < -0.3 is 5.32 Å². The number of ketones is 1. The average molecular weight is 350 g/mol. The van der Waals surface area contributed by atoms with Gasteiger partial charge in [-0.1, -0.05) is 32.8 Å². The third-order valence-electron chi connectivity index (χ3n) is 7.89. The summed E-state index contributed by atoms with van der Waals surface area (Å²) < 4.78 is 0. The van der Waals surface area contributed by atoms with Crippen molar-refractivity contribution in [1.29, 1.82) is 0 Å². The monoisotopic (exact) mass is 349 g/mol. The predicted octanol–water partition coefficient (Wildman–Crippen LogP) is 4.65. The van der Waals surface area contributed by atoms with Gasteiger partial charge in [-0.3, -0.25) is 4.79 Å². The van der Waals surface area contributed by atoms with E-state index in [0.29, 0.717) is 22.5 Å². The van der Waals surface area contributed by atoms with E-state index in [4.69, 9.17) is 0 Å². The fourth-order valence-corrected chi connectivity index (χ4v) is 7.13. The fraction of sp³-hybridized carbons (Fsp3) is 0.857. The van der Waals surface area contributed by atoms with Crippen LogP contribution in [0.5, 0.6) is 0 Å². The molecule has 4 atom stereocenters. The van der Waals surface area contributed by atoms with Crippen molar-refractivity contribution < 1.29 is 4.79 Å². The van der Waals surface area contributed by atoms with Crippen LogP contribution in [0.4, 0.5) is 0 Å². The minimum Gasteiger partial charge on any atom is -0.319 e. The van der Waals surface area contributed by atoms with Crippen molar-refractivity contribution in [3.63, 3.8) is 0 Å². The number of thiol groups is 1. The Morgan fingerprint density at radius 3 is 2.58 bits per heavy atom. The number of nitrogens with one attached hydrogen (secondary N) is 1. The zero-order valence-corrected chi connectivity index (χ0v) is 16.8. The molecule has 0 spiro atoms. The Labute approximate surface area is 153 Å². The second-order valence-corrected chi connectivity index (χ2v) is 9.86. The summed E-state index contributed by atoms with van der Waals surface area (Å²) in [5.74, 6) is 2.35. The van der Waals surface area contributed by atoms with Crippen molar-refractivity contribution in [3.05, 3.63) is 11.6 Å². The zero-order valence-electron chi connectivity index (χ0n) is 16.0. The van der Waals surface area contributed by atoms with Gasteiger partial charge in [0.05, 0.1) is 0 Å². The lowest BCUT2D eigenvalue weighted by atomic mass is 9.42. The summed E-state index contributed by atoms with van der Waals surface area (Å²) in [5.41, 5.74) is 1.75. The topological polar surface area (TPSA) is 29.1 Å². The first-order valence-electron chi connectivity index (χ1n) is 9.79. The van der Waals surface area contributed by atoms with Crippen LogP contribution in [-0.2, 0) is 4.79 Å². The number of carbonyl (C=O) groups is 1. The third kappa shape index (κ3) is 2.70. The lowest BCUT2D eigenvalue weighted by Crippen LogP contribution is -2.59. The molecule has 0 aromatic rings. The van der Waals surface area contributed by atoms with E-state index >= 15 is 0 Å². The predicted molar refractivity (Wildman–Crippen MR) is 104 cm³/mol. The van der Waals surface area contributed by atoms with Crippen LogP contribution in [0.25, 0.3) is 0 Å². The minimum atomic E-state index is -0.196. The van der Waals surface area contributed by atoms with Gasteiger partial charge in [0.15, 0.2) is 5.78 Å². The number of hydrogen-bond donors (Lipinski definition) is 2. The van der Waals surface area contributed by atoms with Crippen LogP contribution in [0.1, 0.15) is 65.7 Å². The number of carbonyl (C=O) groups excluding carboxylic acids is 1. The molecule has 136 valence electrons. The normalized spacial score (nSPS) is 41.9. The van der Waals surface area contributed by atoms with Crippen molar-refractivity contribution in [2.24, 2.45) is 28.1 Å². The molecule has 0 heterocycles. The Morgan fingerprint density at radius 2 is 1.92 bits per heavy atom. The van der Waals surface area contributed by atoms with E-state index in [1.165, 1.54) is 31.3 Å². The minimum absolute atomic E-state index is 0.196. The van der Waals surface area contributed by atoms with Gasteiger partial charge in [0, 0.05) is 17.7 Å². The first kappa shape index (κ1) is 18.5. The summed E-state index contributed by atoms with van der Waals surface area (Å²) in [6, 6.07) is 0. The van der Waals surface area contributed by atoms with Gasteiger partial charge in [-0.2, -0.15) is 12.6 Å². The molecule has 3 rings (SSSR count). The molecule has 0 bridgehead atoms. The van der Waals surface area contributed by atoms with Crippen molar-refractivity contribution in [2.45, 2.75) is 65.7 Å². The van der Waals surface area contributed by atoms with Crippen LogP contribution in [0, 0.1) is 28.1 Å². The molecule has 2 nitrogen and oxygen atoms in total. The second-order valence-electron chi connectivity index (χ2n) is 9.54. The summed E-state index contributed by atoms with van der Waals surface area (Å²) in [6.45, 7) is 8.29. The molecule has 1 N–H and O–H groups in total. The molecule has 3 aliphatic carbocycles. The Hall–Kier alpha value is -0.280. The first-order chi connectivity index (χ1) is 11.3. The van der Waals surface area contributed by atoms with Gasteiger partial charge in [-0.05, 0) is 74.3 Å². The molecule has 3 aliphatic rings. The Balaban J connectivity index is 2.06. The van der Waals surface area contributed by atoms with Gasteiger partial charge in [-0.15, -0.1) is 0 Å². The highest BCUT2D eigenvalue weighted by atomic mass is 32.1. The Bertz CT molecular complexity index is 540. The largest absolute Gasteiger partial charge is 0.319 e. The summed E-state index contributed by atoms with van der Waals surface area (Å²) in [6.07, 6.45) is 10.4. The molecule has 3 heteroatoms.